The Morgan fingerprint density at radius 1 is 1.18 bits per heavy atom. The van der Waals surface area contributed by atoms with Crippen LogP contribution in [-0.2, 0) is 31.0 Å². The minimum atomic E-state index is -5.70. The number of rotatable bonds is 9. The fraction of sp³-hybridized carbons (Fsp3) is 0.438. The van der Waals surface area contributed by atoms with Crippen LogP contribution in [0, 0.1) is 0 Å². The number of carbonyl (C=O) groups is 3. The molecule has 1 aromatic carbocycles. The van der Waals surface area contributed by atoms with E-state index in [1.54, 1.807) is 0 Å². The number of benzene rings is 1. The summed E-state index contributed by atoms with van der Waals surface area (Å²) in [6, 6.07) is 1.08. The van der Waals surface area contributed by atoms with Crippen LogP contribution in [0.1, 0.15) is 25.0 Å². The van der Waals surface area contributed by atoms with Gasteiger partial charge >= 0.3 is 13.3 Å². The maximum atomic E-state index is 13.7. The Morgan fingerprint density at radius 2 is 1.71 bits per heavy atom. The fourth-order valence-corrected chi connectivity index (χ4v) is 2.60. The third-order valence-corrected chi connectivity index (χ3v) is 4.72. The van der Waals surface area contributed by atoms with Crippen LogP contribution in [0.25, 0.3) is 0 Å². The number of amides is 2. The summed E-state index contributed by atoms with van der Waals surface area (Å²) in [6.45, 7) is 2.82. The number of carbonyl (C=O) groups excluding carboxylic acids is 3. The Bertz CT molecular complexity index is 766. The zero-order valence-corrected chi connectivity index (χ0v) is 16.0. The van der Waals surface area contributed by atoms with Gasteiger partial charge in [0.25, 0.3) is 0 Å². The van der Waals surface area contributed by atoms with Gasteiger partial charge in [0.05, 0.1) is 12.1 Å². The second-order valence-electron chi connectivity index (χ2n) is 6.27. The third-order valence-electron chi connectivity index (χ3n) is 3.73. The molecule has 0 fully saturated rings. The monoisotopic (exact) mass is 421 g/mol. The molecule has 6 N–H and O–H groups in total. The van der Waals surface area contributed by atoms with Crippen molar-refractivity contribution >= 4 is 25.7 Å². The first kappa shape index (κ1) is 23.8. The SMILES string of the molecule is C[C@H](N)C(=O)N[C@@H](Cc1ccc(C(F)(F)P(=O)(O)O)cc1)C(=O)N[C@@H](C)C=O. The number of nitrogens with two attached hydrogens (primary N) is 1. The highest BCUT2D eigenvalue weighted by Gasteiger charge is 2.50. The Balaban J connectivity index is 3.04. The Hall–Kier alpha value is -2.20. The predicted octanol–water partition coefficient (Wildman–Crippen LogP) is -0.00830. The van der Waals surface area contributed by atoms with Crippen LogP contribution in [0.15, 0.2) is 24.3 Å². The number of halogens is 2. The molecule has 0 aliphatic rings. The van der Waals surface area contributed by atoms with Gasteiger partial charge < -0.3 is 30.9 Å². The Labute approximate surface area is 159 Å². The lowest BCUT2D eigenvalue weighted by Crippen LogP contribution is -2.53. The minimum absolute atomic E-state index is 0.127. The molecule has 0 saturated carbocycles. The summed E-state index contributed by atoms with van der Waals surface area (Å²) in [4.78, 5) is 52.3. The van der Waals surface area contributed by atoms with Crippen molar-refractivity contribution < 1.29 is 37.5 Å². The first-order chi connectivity index (χ1) is 12.8. The lowest BCUT2D eigenvalue weighted by molar-refractivity contribution is -0.130. The molecule has 9 nitrogen and oxygen atoms in total. The van der Waals surface area contributed by atoms with Crippen molar-refractivity contribution in [2.45, 2.75) is 44.1 Å². The molecule has 0 aliphatic heterocycles. The Morgan fingerprint density at radius 3 is 2.14 bits per heavy atom. The van der Waals surface area contributed by atoms with Crippen molar-refractivity contribution in [3.63, 3.8) is 0 Å². The average Bonchev–Trinajstić information content (AvgIpc) is 2.60. The zero-order chi connectivity index (χ0) is 21.7. The molecule has 0 spiro atoms. The number of alkyl halides is 2. The topological polar surface area (TPSA) is 159 Å². The molecule has 0 aromatic heterocycles. The van der Waals surface area contributed by atoms with E-state index in [-0.39, 0.29) is 6.42 Å². The van der Waals surface area contributed by atoms with Crippen molar-refractivity contribution in [2.75, 3.05) is 0 Å². The zero-order valence-electron chi connectivity index (χ0n) is 15.1. The van der Waals surface area contributed by atoms with Gasteiger partial charge in [-0.2, -0.15) is 8.78 Å². The standard InChI is InChI=1S/C16H22F2N3O6P/c1-9(8-22)20-15(24)13(21-14(23)10(2)19)7-11-3-5-12(6-4-11)16(17,18)28(25,26)27/h3-6,8-10,13H,7,19H2,1-2H3,(H,20,24)(H,21,23)(H2,25,26,27)/t9-,10-,13-/m0/s1. The maximum absolute atomic E-state index is 13.7. The van der Waals surface area contributed by atoms with E-state index in [2.05, 4.69) is 10.6 Å². The van der Waals surface area contributed by atoms with Gasteiger partial charge in [0.15, 0.2) is 0 Å². The smallest absolute Gasteiger partial charge is 0.345 e. The minimum Gasteiger partial charge on any atom is -0.345 e. The van der Waals surface area contributed by atoms with Gasteiger partial charge in [-0.05, 0) is 19.4 Å². The molecule has 1 rings (SSSR count). The second-order valence-corrected chi connectivity index (χ2v) is 7.92. The first-order valence-electron chi connectivity index (χ1n) is 8.14. The van der Waals surface area contributed by atoms with Crippen LogP contribution >= 0.6 is 7.60 Å². The van der Waals surface area contributed by atoms with E-state index in [1.807, 2.05) is 0 Å². The highest BCUT2D eigenvalue weighted by Crippen LogP contribution is 2.59. The highest BCUT2D eigenvalue weighted by molar-refractivity contribution is 7.52. The van der Waals surface area contributed by atoms with E-state index < -0.39 is 48.8 Å². The predicted molar refractivity (Wildman–Crippen MR) is 95.3 cm³/mol. The van der Waals surface area contributed by atoms with E-state index in [0.29, 0.717) is 11.8 Å². The number of hydrogen-bond donors (Lipinski definition) is 5. The summed E-state index contributed by atoms with van der Waals surface area (Å²) in [7, 11) is -5.70. The molecular weight excluding hydrogens is 399 g/mol. The number of nitrogens with one attached hydrogen (secondary N) is 2. The molecule has 2 amide bonds. The normalized spacial score (nSPS) is 15.2. The van der Waals surface area contributed by atoms with Crippen LogP contribution < -0.4 is 16.4 Å². The van der Waals surface area contributed by atoms with Crippen molar-refractivity contribution in [3.05, 3.63) is 35.4 Å². The van der Waals surface area contributed by atoms with Crippen molar-refractivity contribution in [1.82, 2.24) is 10.6 Å². The summed E-state index contributed by atoms with van der Waals surface area (Å²) in [5.41, 5.74) is 0.539. The molecule has 28 heavy (non-hydrogen) atoms. The molecule has 0 heterocycles. The maximum Gasteiger partial charge on any atom is 0.399 e. The first-order valence-corrected chi connectivity index (χ1v) is 9.75. The van der Waals surface area contributed by atoms with Crippen molar-refractivity contribution in [1.29, 1.82) is 0 Å². The summed E-state index contributed by atoms with van der Waals surface area (Å²) in [6.07, 6.45) is 0.360. The summed E-state index contributed by atoms with van der Waals surface area (Å²) in [5, 5.41) is 4.76. The van der Waals surface area contributed by atoms with E-state index >= 15 is 0 Å². The van der Waals surface area contributed by atoms with Crippen LogP contribution in [0.3, 0.4) is 0 Å². The van der Waals surface area contributed by atoms with Gasteiger partial charge in [-0.1, -0.05) is 24.3 Å². The van der Waals surface area contributed by atoms with E-state index in [0.717, 1.165) is 24.3 Å². The molecule has 0 radical (unpaired) electrons. The van der Waals surface area contributed by atoms with Crippen molar-refractivity contribution in [2.24, 2.45) is 5.73 Å². The quantitative estimate of drug-likeness (QED) is 0.277. The molecule has 0 bridgehead atoms. The van der Waals surface area contributed by atoms with Gasteiger partial charge in [-0.25, -0.2) is 0 Å². The van der Waals surface area contributed by atoms with E-state index in [4.69, 9.17) is 15.5 Å². The fourth-order valence-electron chi connectivity index (χ4n) is 2.12. The summed E-state index contributed by atoms with van der Waals surface area (Å²) < 4.78 is 38.3. The van der Waals surface area contributed by atoms with E-state index in [1.165, 1.54) is 13.8 Å². The van der Waals surface area contributed by atoms with Crippen LogP contribution in [0.4, 0.5) is 8.78 Å². The second kappa shape index (κ2) is 9.33. The molecule has 12 heteroatoms. The molecular formula is C16H22F2N3O6P. The molecule has 156 valence electrons. The van der Waals surface area contributed by atoms with Gasteiger partial charge in [0.1, 0.15) is 12.3 Å². The lowest BCUT2D eigenvalue weighted by Gasteiger charge is -2.21. The van der Waals surface area contributed by atoms with Crippen LogP contribution in [-0.4, -0.2) is 46.0 Å². The van der Waals surface area contributed by atoms with Crippen LogP contribution in [0.2, 0.25) is 0 Å². The van der Waals surface area contributed by atoms with Gasteiger partial charge in [-0.15, -0.1) is 0 Å². The average molecular weight is 421 g/mol. The molecule has 3 atom stereocenters. The van der Waals surface area contributed by atoms with E-state index in [9.17, 15) is 27.7 Å². The largest absolute Gasteiger partial charge is 0.399 e. The van der Waals surface area contributed by atoms with Gasteiger partial charge in [-0.3, -0.25) is 14.2 Å². The third kappa shape index (κ3) is 6.16. The van der Waals surface area contributed by atoms with Crippen LogP contribution in [0.5, 0.6) is 0 Å². The summed E-state index contributed by atoms with van der Waals surface area (Å²) in [5.74, 6) is -1.32. The summed E-state index contributed by atoms with van der Waals surface area (Å²) >= 11 is 0. The number of hydrogen-bond acceptors (Lipinski definition) is 5. The van der Waals surface area contributed by atoms with Crippen molar-refractivity contribution in [3.8, 4) is 0 Å². The molecule has 0 saturated heterocycles. The highest BCUT2D eigenvalue weighted by atomic mass is 31.2. The molecule has 0 unspecified atom stereocenters. The Kier molecular flexibility index (Phi) is 7.94. The van der Waals surface area contributed by atoms with Gasteiger partial charge in [0.2, 0.25) is 11.8 Å². The number of aldehydes is 1. The molecule has 0 aliphatic carbocycles. The molecule has 1 aromatic rings. The lowest BCUT2D eigenvalue weighted by atomic mass is 10.0. The van der Waals surface area contributed by atoms with Gasteiger partial charge in [0, 0.05) is 12.0 Å².